The quantitative estimate of drug-likeness (QED) is 0.837. The molecular weight excluding hydrogens is 264 g/mol. The highest BCUT2D eigenvalue weighted by Crippen LogP contribution is 2.24. The Labute approximate surface area is 118 Å². The SMILES string of the molecule is O=C(c1ccoc1Cl)N1CCCC(N2CCCC2)C1. The molecule has 3 heterocycles. The highest BCUT2D eigenvalue weighted by Gasteiger charge is 2.30. The van der Waals surface area contributed by atoms with Gasteiger partial charge >= 0.3 is 0 Å². The third-order valence-electron chi connectivity index (χ3n) is 4.19. The fourth-order valence-electron chi connectivity index (χ4n) is 3.16. The van der Waals surface area contributed by atoms with Gasteiger partial charge in [-0.3, -0.25) is 9.69 Å². The first-order chi connectivity index (χ1) is 9.25. The molecule has 0 spiro atoms. The van der Waals surface area contributed by atoms with E-state index in [1.165, 1.54) is 38.6 Å². The molecule has 1 atom stereocenters. The maximum absolute atomic E-state index is 12.4. The predicted molar refractivity (Wildman–Crippen MR) is 73.5 cm³/mol. The van der Waals surface area contributed by atoms with Crippen molar-refractivity contribution in [3.63, 3.8) is 0 Å². The minimum atomic E-state index is 0.00245. The Morgan fingerprint density at radius 1 is 1.26 bits per heavy atom. The van der Waals surface area contributed by atoms with Gasteiger partial charge in [-0.1, -0.05) is 0 Å². The van der Waals surface area contributed by atoms with Crippen LogP contribution in [0.3, 0.4) is 0 Å². The van der Waals surface area contributed by atoms with Crippen LogP contribution in [0.25, 0.3) is 0 Å². The molecule has 2 saturated heterocycles. The van der Waals surface area contributed by atoms with Gasteiger partial charge in [0.05, 0.1) is 11.8 Å². The molecule has 0 radical (unpaired) electrons. The predicted octanol–water partition coefficient (Wildman–Crippen LogP) is 2.63. The summed E-state index contributed by atoms with van der Waals surface area (Å²) in [5, 5.41) is 0.202. The van der Waals surface area contributed by atoms with Gasteiger partial charge in [0.1, 0.15) is 0 Å². The molecule has 5 heteroatoms. The number of amides is 1. The van der Waals surface area contributed by atoms with Gasteiger partial charge in [-0.2, -0.15) is 0 Å². The third kappa shape index (κ3) is 2.65. The lowest BCUT2D eigenvalue weighted by Gasteiger charge is -2.37. The van der Waals surface area contributed by atoms with Gasteiger partial charge in [-0.25, -0.2) is 0 Å². The molecule has 4 nitrogen and oxygen atoms in total. The van der Waals surface area contributed by atoms with Crippen molar-refractivity contribution in [2.45, 2.75) is 31.7 Å². The standard InChI is InChI=1S/C14H19ClN2O2/c15-13-12(5-9-19-13)14(18)17-8-3-4-11(10-17)16-6-1-2-7-16/h5,9,11H,1-4,6-8,10H2. The number of nitrogens with zero attached hydrogens (tertiary/aromatic N) is 2. The van der Waals surface area contributed by atoms with Gasteiger partial charge < -0.3 is 9.32 Å². The van der Waals surface area contributed by atoms with Crippen LogP contribution in [0.1, 0.15) is 36.0 Å². The Morgan fingerprint density at radius 3 is 2.74 bits per heavy atom. The fraction of sp³-hybridized carbons (Fsp3) is 0.643. The molecule has 1 amide bonds. The van der Waals surface area contributed by atoms with Crippen LogP contribution in [-0.4, -0.2) is 47.9 Å². The minimum Gasteiger partial charge on any atom is -0.452 e. The van der Waals surface area contributed by atoms with Crippen molar-refractivity contribution >= 4 is 17.5 Å². The van der Waals surface area contributed by atoms with Crippen molar-refractivity contribution in [2.75, 3.05) is 26.2 Å². The number of carbonyl (C=O) groups is 1. The smallest absolute Gasteiger partial charge is 0.258 e. The van der Waals surface area contributed by atoms with E-state index in [-0.39, 0.29) is 11.1 Å². The molecule has 1 aromatic rings. The Bertz CT molecular complexity index is 454. The molecule has 0 N–H and O–H groups in total. The van der Waals surface area contributed by atoms with Crippen molar-refractivity contribution in [3.8, 4) is 0 Å². The molecule has 2 fully saturated rings. The summed E-state index contributed by atoms with van der Waals surface area (Å²) in [5.74, 6) is 0.00245. The Morgan fingerprint density at radius 2 is 2.05 bits per heavy atom. The van der Waals surface area contributed by atoms with E-state index in [0.29, 0.717) is 11.6 Å². The van der Waals surface area contributed by atoms with Crippen molar-refractivity contribution in [3.05, 3.63) is 23.1 Å². The summed E-state index contributed by atoms with van der Waals surface area (Å²) in [5.41, 5.74) is 0.490. The second-order valence-electron chi connectivity index (χ2n) is 5.40. The highest BCUT2D eigenvalue weighted by molar-refractivity contribution is 6.32. The summed E-state index contributed by atoms with van der Waals surface area (Å²) >= 11 is 5.89. The number of carbonyl (C=O) groups excluding carboxylic acids is 1. The number of likely N-dealkylation sites (tertiary alicyclic amines) is 2. The largest absolute Gasteiger partial charge is 0.452 e. The number of rotatable bonds is 2. The molecule has 19 heavy (non-hydrogen) atoms. The van der Waals surface area contributed by atoms with Gasteiger partial charge in [0.25, 0.3) is 5.91 Å². The van der Waals surface area contributed by atoms with Gasteiger partial charge in [-0.05, 0) is 56.4 Å². The minimum absolute atomic E-state index is 0.00245. The van der Waals surface area contributed by atoms with E-state index < -0.39 is 0 Å². The van der Waals surface area contributed by atoms with Crippen LogP contribution in [0.2, 0.25) is 5.22 Å². The Balaban J connectivity index is 1.67. The lowest BCUT2D eigenvalue weighted by atomic mass is 10.0. The highest BCUT2D eigenvalue weighted by atomic mass is 35.5. The molecule has 0 bridgehead atoms. The van der Waals surface area contributed by atoms with Crippen LogP contribution < -0.4 is 0 Å². The van der Waals surface area contributed by atoms with Gasteiger partial charge in [0.2, 0.25) is 5.22 Å². The molecule has 104 valence electrons. The average Bonchev–Trinajstić information content (AvgIpc) is 3.09. The first-order valence-corrected chi connectivity index (χ1v) is 7.40. The van der Waals surface area contributed by atoms with E-state index >= 15 is 0 Å². The average molecular weight is 283 g/mol. The Kier molecular flexibility index (Phi) is 3.80. The van der Waals surface area contributed by atoms with Crippen LogP contribution in [0.15, 0.2) is 16.7 Å². The molecule has 0 aromatic carbocycles. The lowest BCUT2D eigenvalue weighted by Crippen LogP contribution is -2.48. The molecule has 1 unspecified atom stereocenters. The zero-order valence-electron chi connectivity index (χ0n) is 11.0. The zero-order chi connectivity index (χ0) is 13.2. The van der Waals surface area contributed by atoms with Crippen molar-refractivity contribution in [1.82, 2.24) is 9.80 Å². The van der Waals surface area contributed by atoms with Crippen LogP contribution in [0.5, 0.6) is 0 Å². The van der Waals surface area contributed by atoms with Crippen LogP contribution in [0.4, 0.5) is 0 Å². The molecule has 1 aromatic heterocycles. The van der Waals surface area contributed by atoms with Crippen molar-refractivity contribution in [2.24, 2.45) is 0 Å². The number of piperidine rings is 1. The maximum atomic E-state index is 12.4. The van der Waals surface area contributed by atoms with E-state index in [9.17, 15) is 4.79 Å². The lowest BCUT2D eigenvalue weighted by molar-refractivity contribution is 0.0607. The monoisotopic (exact) mass is 282 g/mol. The second kappa shape index (κ2) is 5.55. The topological polar surface area (TPSA) is 36.7 Å². The number of halogens is 1. The van der Waals surface area contributed by atoms with Crippen molar-refractivity contribution < 1.29 is 9.21 Å². The molecule has 0 saturated carbocycles. The first kappa shape index (κ1) is 13.0. The normalized spacial score (nSPS) is 24.9. The summed E-state index contributed by atoms with van der Waals surface area (Å²) in [6.07, 6.45) is 6.32. The van der Waals surface area contributed by atoms with Crippen LogP contribution in [0, 0.1) is 0 Å². The number of furan rings is 1. The number of hydrogen-bond acceptors (Lipinski definition) is 3. The first-order valence-electron chi connectivity index (χ1n) is 7.02. The fourth-order valence-corrected chi connectivity index (χ4v) is 3.36. The molecule has 2 aliphatic rings. The van der Waals surface area contributed by atoms with Gasteiger partial charge in [0.15, 0.2) is 0 Å². The van der Waals surface area contributed by atoms with Crippen LogP contribution in [-0.2, 0) is 0 Å². The summed E-state index contributed by atoms with van der Waals surface area (Å²) in [4.78, 5) is 16.8. The van der Waals surface area contributed by atoms with Gasteiger partial charge in [-0.15, -0.1) is 0 Å². The Hall–Kier alpha value is -1.00. The molecular formula is C14H19ClN2O2. The number of hydrogen-bond donors (Lipinski definition) is 0. The van der Waals surface area contributed by atoms with Crippen molar-refractivity contribution in [1.29, 1.82) is 0 Å². The van der Waals surface area contributed by atoms with E-state index in [4.69, 9.17) is 16.0 Å². The summed E-state index contributed by atoms with van der Waals surface area (Å²) in [7, 11) is 0. The third-order valence-corrected chi connectivity index (χ3v) is 4.48. The van der Waals surface area contributed by atoms with E-state index in [0.717, 1.165) is 19.5 Å². The molecule has 2 aliphatic heterocycles. The molecule has 0 aliphatic carbocycles. The summed E-state index contributed by atoms with van der Waals surface area (Å²) < 4.78 is 5.01. The van der Waals surface area contributed by atoms with Gasteiger partial charge in [0, 0.05) is 19.1 Å². The zero-order valence-corrected chi connectivity index (χ0v) is 11.7. The second-order valence-corrected chi connectivity index (χ2v) is 5.74. The van der Waals surface area contributed by atoms with Crippen LogP contribution >= 0.6 is 11.6 Å². The summed E-state index contributed by atoms with van der Waals surface area (Å²) in [6.45, 7) is 4.00. The molecule has 3 rings (SSSR count). The van der Waals surface area contributed by atoms with E-state index in [1.54, 1.807) is 6.07 Å². The van der Waals surface area contributed by atoms with E-state index in [1.807, 2.05) is 4.90 Å². The summed E-state index contributed by atoms with van der Waals surface area (Å²) in [6, 6.07) is 2.18. The maximum Gasteiger partial charge on any atom is 0.258 e. The van der Waals surface area contributed by atoms with E-state index in [2.05, 4.69) is 4.90 Å².